The Morgan fingerprint density at radius 1 is 1.57 bits per heavy atom. The fraction of sp³-hybridized carbons (Fsp3) is 0.429. The SMILES string of the molecule is COCCN1C(=O)C[C@@H](C(=O)O)[C@@H]1c1ccc(Cl)c(F)c1. The first-order valence-corrected chi connectivity index (χ1v) is 6.79. The van der Waals surface area contributed by atoms with Crippen molar-refractivity contribution in [3.05, 3.63) is 34.6 Å². The lowest BCUT2D eigenvalue weighted by Crippen LogP contribution is -2.33. The molecule has 2 rings (SSSR count). The number of amides is 1. The number of nitrogens with zero attached hydrogens (tertiary/aromatic N) is 1. The van der Waals surface area contributed by atoms with Crippen molar-refractivity contribution in [1.82, 2.24) is 4.90 Å². The standard InChI is InChI=1S/C14H15ClFNO4/c1-21-5-4-17-12(18)7-9(14(19)20)13(17)8-2-3-10(15)11(16)6-8/h2-3,6,9,13H,4-5,7H2,1H3,(H,19,20)/t9-,13+/m1/s1. The van der Waals surface area contributed by atoms with E-state index in [9.17, 15) is 19.1 Å². The first-order valence-electron chi connectivity index (χ1n) is 6.42. The molecule has 1 heterocycles. The van der Waals surface area contributed by atoms with E-state index < -0.39 is 23.7 Å². The molecule has 1 aliphatic rings. The van der Waals surface area contributed by atoms with Crippen molar-refractivity contribution in [2.45, 2.75) is 12.5 Å². The number of carbonyl (C=O) groups excluding carboxylic acids is 1. The van der Waals surface area contributed by atoms with Crippen LogP contribution in [0.15, 0.2) is 18.2 Å². The smallest absolute Gasteiger partial charge is 0.309 e. The van der Waals surface area contributed by atoms with E-state index in [0.29, 0.717) is 5.56 Å². The third kappa shape index (κ3) is 3.16. The topological polar surface area (TPSA) is 66.8 Å². The molecule has 1 saturated heterocycles. The molecular weight excluding hydrogens is 301 g/mol. The number of methoxy groups -OCH3 is 1. The number of hydrogen-bond donors (Lipinski definition) is 1. The minimum atomic E-state index is -1.08. The number of halogens is 2. The van der Waals surface area contributed by atoms with E-state index in [1.165, 1.54) is 24.1 Å². The van der Waals surface area contributed by atoms with Gasteiger partial charge in [0.1, 0.15) is 5.82 Å². The molecule has 0 unspecified atom stereocenters. The number of carbonyl (C=O) groups is 2. The van der Waals surface area contributed by atoms with Crippen LogP contribution in [0.1, 0.15) is 18.0 Å². The van der Waals surface area contributed by atoms with Gasteiger partial charge in [-0.2, -0.15) is 0 Å². The van der Waals surface area contributed by atoms with Crippen molar-refractivity contribution >= 4 is 23.5 Å². The average molecular weight is 316 g/mol. The molecule has 1 fully saturated rings. The van der Waals surface area contributed by atoms with Crippen LogP contribution in [-0.4, -0.2) is 42.1 Å². The molecule has 7 heteroatoms. The summed E-state index contributed by atoms with van der Waals surface area (Å²) >= 11 is 5.64. The molecule has 0 saturated carbocycles. The van der Waals surface area contributed by atoms with Crippen LogP contribution in [0.4, 0.5) is 4.39 Å². The molecule has 1 aromatic rings. The van der Waals surface area contributed by atoms with Crippen LogP contribution in [0, 0.1) is 11.7 Å². The van der Waals surface area contributed by atoms with Gasteiger partial charge >= 0.3 is 5.97 Å². The summed E-state index contributed by atoms with van der Waals surface area (Å²) in [5.74, 6) is -2.90. The second-order valence-electron chi connectivity index (χ2n) is 4.85. The highest BCUT2D eigenvalue weighted by atomic mass is 35.5. The maximum Gasteiger partial charge on any atom is 0.309 e. The quantitative estimate of drug-likeness (QED) is 0.903. The highest BCUT2D eigenvalue weighted by Gasteiger charge is 2.44. The van der Waals surface area contributed by atoms with Gasteiger partial charge in [0.05, 0.1) is 23.6 Å². The number of likely N-dealkylation sites (tertiary alicyclic amines) is 1. The first-order chi connectivity index (χ1) is 9.95. The van der Waals surface area contributed by atoms with Gasteiger partial charge < -0.3 is 14.7 Å². The highest BCUT2D eigenvalue weighted by molar-refractivity contribution is 6.30. The molecule has 0 aliphatic carbocycles. The Labute approximate surface area is 126 Å². The molecule has 21 heavy (non-hydrogen) atoms. The van der Waals surface area contributed by atoms with Crippen LogP contribution in [0.5, 0.6) is 0 Å². The van der Waals surface area contributed by atoms with Gasteiger partial charge in [0, 0.05) is 20.1 Å². The highest BCUT2D eigenvalue weighted by Crippen LogP contribution is 2.38. The predicted octanol–water partition coefficient (Wildman–Crippen LogP) is 2.10. The molecule has 1 N–H and O–H groups in total. The average Bonchev–Trinajstić information content (AvgIpc) is 2.77. The van der Waals surface area contributed by atoms with Crippen molar-refractivity contribution in [2.75, 3.05) is 20.3 Å². The Balaban J connectivity index is 2.38. The van der Waals surface area contributed by atoms with E-state index in [1.54, 1.807) is 6.07 Å². The third-order valence-electron chi connectivity index (χ3n) is 3.57. The normalized spacial score (nSPS) is 21.9. The van der Waals surface area contributed by atoms with E-state index in [0.717, 1.165) is 0 Å². The fourth-order valence-corrected chi connectivity index (χ4v) is 2.69. The van der Waals surface area contributed by atoms with E-state index in [-0.39, 0.29) is 30.5 Å². The van der Waals surface area contributed by atoms with Crippen LogP contribution in [-0.2, 0) is 14.3 Å². The Hall–Kier alpha value is -1.66. The van der Waals surface area contributed by atoms with Crippen LogP contribution >= 0.6 is 11.6 Å². The number of aliphatic carboxylic acids is 1. The first kappa shape index (κ1) is 15.7. The molecule has 0 aromatic heterocycles. The lowest BCUT2D eigenvalue weighted by atomic mass is 9.93. The molecule has 1 aromatic carbocycles. The summed E-state index contributed by atoms with van der Waals surface area (Å²) < 4.78 is 18.6. The lowest BCUT2D eigenvalue weighted by molar-refractivity contribution is -0.142. The molecule has 5 nitrogen and oxygen atoms in total. The van der Waals surface area contributed by atoms with E-state index in [1.807, 2.05) is 0 Å². The molecule has 0 radical (unpaired) electrons. The number of carboxylic acids is 1. The monoisotopic (exact) mass is 315 g/mol. The van der Waals surface area contributed by atoms with E-state index in [4.69, 9.17) is 16.3 Å². The molecule has 0 bridgehead atoms. The summed E-state index contributed by atoms with van der Waals surface area (Å²) in [6.07, 6.45) is -0.103. The summed E-state index contributed by atoms with van der Waals surface area (Å²) in [5.41, 5.74) is 0.422. The Kier molecular flexibility index (Phi) is 4.80. The van der Waals surface area contributed by atoms with Gasteiger partial charge in [-0.1, -0.05) is 17.7 Å². The Morgan fingerprint density at radius 3 is 2.86 bits per heavy atom. The maximum absolute atomic E-state index is 13.6. The molecule has 0 spiro atoms. The van der Waals surface area contributed by atoms with E-state index >= 15 is 0 Å². The molecule has 2 atom stereocenters. The number of ether oxygens (including phenoxy) is 1. The van der Waals surface area contributed by atoms with Gasteiger partial charge in [-0.25, -0.2) is 4.39 Å². The number of benzene rings is 1. The zero-order valence-electron chi connectivity index (χ0n) is 11.4. The van der Waals surface area contributed by atoms with Crippen LogP contribution in [0.3, 0.4) is 0 Å². The van der Waals surface area contributed by atoms with Gasteiger partial charge in [-0.3, -0.25) is 9.59 Å². The van der Waals surface area contributed by atoms with Gasteiger partial charge in [-0.05, 0) is 17.7 Å². The Bertz CT molecular complexity index is 566. The number of carboxylic acid groups (broad SMARTS) is 1. The van der Waals surface area contributed by atoms with Crippen molar-refractivity contribution < 1.29 is 23.8 Å². The zero-order chi connectivity index (χ0) is 15.6. The minimum absolute atomic E-state index is 0.0432. The largest absolute Gasteiger partial charge is 0.481 e. The molecule has 1 aliphatic heterocycles. The van der Waals surface area contributed by atoms with Crippen LogP contribution in [0.25, 0.3) is 0 Å². The lowest BCUT2D eigenvalue weighted by Gasteiger charge is -2.27. The van der Waals surface area contributed by atoms with Gasteiger partial charge in [0.2, 0.25) is 5.91 Å². The number of hydrogen-bond acceptors (Lipinski definition) is 3. The molecular formula is C14H15ClFNO4. The molecule has 114 valence electrons. The number of rotatable bonds is 5. The Morgan fingerprint density at radius 2 is 2.29 bits per heavy atom. The van der Waals surface area contributed by atoms with Crippen molar-refractivity contribution in [2.24, 2.45) is 5.92 Å². The van der Waals surface area contributed by atoms with Crippen molar-refractivity contribution in [1.29, 1.82) is 0 Å². The van der Waals surface area contributed by atoms with Gasteiger partial charge in [0.25, 0.3) is 0 Å². The predicted molar refractivity (Wildman–Crippen MR) is 73.5 cm³/mol. The summed E-state index contributed by atoms with van der Waals surface area (Å²) in [7, 11) is 1.49. The van der Waals surface area contributed by atoms with E-state index in [2.05, 4.69) is 0 Å². The van der Waals surface area contributed by atoms with Gasteiger partial charge in [-0.15, -0.1) is 0 Å². The third-order valence-corrected chi connectivity index (χ3v) is 3.88. The maximum atomic E-state index is 13.6. The summed E-state index contributed by atoms with van der Waals surface area (Å²) in [5, 5.41) is 9.26. The second kappa shape index (κ2) is 6.41. The zero-order valence-corrected chi connectivity index (χ0v) is 12.1. The van der Waals surface area contributed by atoms with Crippen molar-refractivity contribution in [3.8, 4) is 0 Å². The summed E-state index contributed by atoms with van der Waals surface area (Å²) in [4.78, 5) is 24.8. The van der Waals surface area contributed by atoms with Crippen LogP contribution in [0.2, 0.25) is 5.02 Å². The van der Waals surface area contributed by atoms with Crippen LogP contribution < -0.4 is 0 Å². The van der Waals surface area contributed by atoms with Crippen molar-refractivity contribution in [3.63, 3.8) is 0 Å². The van der Waals surface area contributed by atoms with Gasteiger partial charge in [0.15, 0.2) is 0 Å². The minimum Gasteiger partial charge on any atom is -0.481 e. The second-order valence-corrected chi connectivity index (χ2v) is 5.25. The molecule has 1 amide bonds. The summed E-state index contributed by atoms with van der Waals surface area (Å²) in [6, 6.07) is 3.38. The fourth-order valence-electron chi connectivity index (χ4n) is 2.57. The summed E-state index contributed by atoms with van der Waals surface area (Å²) in [6.45, 7) is 0.540.